The van der Waals surface area contributed by atoms with Gasteiger partial charge in [0.2, 0.25) is 0 Å². The zero-order valence-corrected chi connectivity index (χ0v) is 12.9. The summed E-state index contributed by atoms with van der Waals surface area (Å²) in [6.45, 7) is 2.29. The van der Waals surface area contributed by atoms with Gasteiger partial charge >= 0.3 is 0 Å². The van der Waals surface area contributed by atoms with Crippen LogP contribution in [0.15, 0.2) is 12.1 Å². The minimum Gasteiger partial charge on any atom is -1.00 e. The number of hydrogen-bond donors (Lipinski definition) is 0. The van der Waals surface area contributed by atoms with Crippen molar-refractivity contribution in [2.24, 2.45) is 0 Å². The van der Waals surface area contributed by atoms with E-state index in [0.29, 0.717) is 11.2 Å². The average Bonchev–Trinajstić information content (AvgIpc) is 2.74. The van der Waals surface area contributed by atoms with Gasteiger partial charge in [0.15, 0.2) is 11.0 Å². The van der Waals surface area contributed by atoms with Crippen LogP contribution in [0.25, 0.3) is 0 Å². The molecule has 2 fully saturated rings. The lowest BCUT2D eigenvalue weighted by Crippen LogP contribution is -3.00. The fourth-order valence-corrected chi connectivity index (χ4v) is 3.11. The molecule has 0 radical (unpaired) electrons. The topological polar surface area (TPSA) is 29.0 Å². The van der Waals surface area contributed by atoms with Crippen LogP contribution in [-0.2, 0) is 0 Å². The van der Waals surface area contributed by atoms with E-state index in [1.165, 1.54) is 13.0 Å². The van der Waals surface area contributed by atoms with Gasteiger partial charge in [0.05, 0.1) is 33.2 Å². The van der Waals surface area contributed by atoms with Gasteiger partial charge in [-0.15, -0.1) is 10.2 Å². The second kappa shape index (κ2) is 4.51. The maximum Gasteiger partial charge on any atom is 0.152 e. The van der Waals surface area contributed by atoms with Crippen LogP contribution in [0.5, 0.6) is 0 Å². The Hall–Kier alpha value is -0.140. The van der Waals surface area contributed by atoms with Gasteiger partial charge < -0.3 is 33.4 Å². The maximum absolute atomic E-state index is 5.75. The molecule has 0 aliphatic carbocycles. The van der Waals surface area contributed by atoms with Crippen LogP contribution in [0, 0.1) is 0 Å². The van der Waals surface area contributed by atoms with E-state index in [4.69, 9.17) is 11.6 Å². The number of likely N-dealkylation sites (N-methyl/N-ethyl adjacent to an activating group) is 1. The summed E-state index contributed by atoms with van der Waals surface area (Å²) < 4.78 is 1.14. The Bertz CT molecular complexity index is 408. The van der Waals surface area contributed by atoms with Crippen LogP contribution in [0.4, 0.5) is 5.82 Å². The van der Waals surface area contributed by atoms with Crippen molar-refractivity contribution in [2.45, 2.75) is 18.5 Å². The number of likely N-dealkylation sites (tertiary alicyclic amines) is 1. The number of quaternary nitrogens is 1. The number of fused-ring (bicyclic) bond motifs is 2. The van der Waals surface area contributed by atoms with Crippen LogP contribution in [0.1, 0.15) is 6.42 Å². The fourth-order valence-electron chi connectivity index (χ4n) is 3.01. The molecule has 6 heteroatoms. The Balaban J connectivity index is 0.00000108. The largest absolute Gasteiger partial charge is 1.00 e. The first-order valence-electron chi connectivity index (χ1n) is 5.65. The van der Waals surface area contributed by atoms with Crippen LogP contribution < -0.4 is 28.9 Å². The average molecular weight is 367 g/mol. The third-order valence-electron chi connectivity index (χ3n) is 3.97. The zero-order chi connectivity index (χ0) is 11.3. The number of hydrogen-bond acceptors (Lipinski definition) is 3. The lowest BCUT2D eigenvalue weighted by molar-refractivity contribution is -0.903. The summed E-state index contributed by atoms with van der Waals surface area (Å²) in [6, 6.07) is 5.14. The van der Waals surface area contributed by atoms with Crippen molar-refractivity contribution in [3.05, 3.63) is 17.3 Å². The van der Waals surface area contributed by atoms with Crippen molar-refractivity contribution >= 4 is 17.4 Å². The Morgan fingerprint density at radius 2 is 2.12 bits per heavy atom. The van der Waals surface area contributed by atoms with Gasteiger partial charge in [0.1, 0.15) is 6.04 Å². The molecule has 0 spiro atoms. The summed E-state index contributed by atoms with van der Waals surface area (Å²) in [4.78, 5) is 2.37. The third-order valence-corrected chi connectivity index (χ3v) is 4.18. The Morgan fingerprint density at radius 1 is 1.35 bits per heavy atom. The predicted molar refractivity (Wildman–Crippen MR) is 63.6 cm³/mol. The molecule has 0 N–H and O–H groups in total. The lowest BCUT2D eigenvalue weighted by atomic mass is 10.2. The summed E-state index contributed by atoms with van der Waals surface area (Å²) >= 11 is 5.75. The first-order chi connectivity index (χ1) is 7.56. The predicted octanol–water partition coefficient (Wildman–Crippen LogP) is -1.83. The van der Waals surface area contributed by atoms with Crippen molar-refractivity contribution in [1.29, 1.82) is 0 Å². The fraction of sp³-hybridized carbons (Fsp3) is 0.636. The molecule has 2 atom stereocenters. The smallest absolute Gasteiger partial charge is 0.152 e. The molecule has 17 heavy (non-hydrogen) atoms. The third kappa shape index (κ3) is 2.24. The molecular weight excluding hydrogens is 351 g/mol. The van der Waals surface area contributed by atoms with Crippen molar-refractivity contribution in [2.75, 3.05) is 32.1 Å². The van der Waals surface area contributed by atoms with Gasteiger partial charge in [-0.3, -0.25) is 0 Å². The monoisotopic (exact) mass is 366 g/mol. The molecule has 94 valence electrons. The van der Waals surface area contributed by atoms with Gasteiger partial charge in [-0.05, 0) is 12.1 Å². The van der Waals surface area contributed by atoms with E-state index in [9.17, 15) is 0 Å². The summed E-state index contributed by atoms with van der Waals surface area (Å²) in [5, 5.41) is 8.54. The van der Waals surface area contributed by atoms with Crippen LogP contribution >= 0.6 is 11.6 Å². The van der Waals surface area contributed by atoms with E-state index in [1.807, 2.05) is 12.1 Å². The number of nitrogens with zero attached hydrogens (tertiary/aromatic N) is 4. The highest BCUT2D eigenvalue weighted by Crippen LogP contribution is 2.36. The number of rotatable bonds is 1. The molecule has 2 saturated heterocycles. The van der Waals surface area contributed by atoms with Crippen molar-refractivity contribution in [1.82, 2.24) is 10.2 Å². The Kier molecular flexibility index (Phi) is 3.53. The van der Waals surface area contributed by atoms with Crippen LogP contribution in [0.3, 0.4) is 0 Å². The van der Waals surface area contributed by atoms with Crippen molar-refractivity contribution in [3.8, 4) is 0 Å². The molecule has 3 rings (SSSR count). The normalized spacial score (nSPS) is 29.2. The summed E-state index contributed by atoms with van der Waals surface area (Å²) in [7, 11) is 4.63. The lowest BCUT2D eigenvalue weighted by Gasteiger charge is -2.38. The van der Waals surface area contributed by atoms with E-state index in [-0.39, 0.29) is 24.0 Å². The molecule has 2 aliphatic rings. The summed E-state index contributed by atoms with van der Waals surface area (Å²) in [5.74, 6) is 0.969. The molecule has 2 bridgehead atoms. The van der Waals surface area contributed by atoms with E-state index in [2.05, 4.69) is 29.2 Å². The molecule has 3 heterocycles. The standard InChI is InChI=1S/C11H16ClN4.HI/c1-16(2)7-8-5-9(16)6-15(8)11-4-3-10(12)13-14-11;/h3-4,8-9H,5-7H2,1-2H3;1H/q+1;/p-1/t8-,9-;/m0./s1. The number of anilines is 1. The first kappa shape index (κ1) is 13.3. The highest BCUT2D eigenvalue weighted by atomic mass is 127. The molecular formula is C11H16ClIN4. The maximum atomic E-state index is 5.75. The van der Waals surface area contributed by atoms with Gasteiger partial charge in [-0.1, -0.05) is 11.6 Å². The molecule has 0 saturated carbocycles. The Morgan fingerprint density at radius 3 is 2.59 bits per heavy atom. The molecule has 4 nitrogen and oxygen atoms in total. The van der Waals surface area contributed by atoms with Gasteiger partial charge in [0.25, 0.3) is 0 Å². The van der Waals surface area contributed by atoms with Crippen LogP contribution in [0.2, 0.25) is 5.15 Å². The minimum atomic E-state index is 0. The first-order valence-corrected chi connectivity index (χ1v) is 6.02. The van der Waals surface area contributed by atoms with Gasteiger partial charge in [-0.2, -0.15) is 0 Å². The van der Waals surface area contributed by atoms with Gasteiger partial charge in [0, 0.05) is 6.42 Å². The molecule has 0 amide bonds. The molecule has 0 aromatic carbocycles. The second-order valence-corrected chi connectivity index (χ2v) is 5.76. The SMILES string of the molecule is C[N+]1(C)C[C@@H]2C[C@H]1CN2c1ccc(Cl)nn1.[I-]. The summed E-state index contributed by atoms with van der Waals surface area (Å²) in [5.41, 5.74) is 0. The van der Waals surface area contributed by atoms with Crippen LogP contribution in [-0.4, -0.2) is 53.9 Å². The van der Waals surface area contributed by atoms with Crippen molar-refractivity contribution < 1.29 is 28.5 Å². The van der Waals surface area contributed by atoms with Gasteiger partial charge in [-0.25, -0.2) is 0 Å². The molecule has 1 aromatic rings. The minimum absolute atomic E-state index is 0. The van der Waals surface area contributed by atoms with Crippen molar-refractivity contribution in [3.63, 3.8) is 0 Å². The van der Waals surface area contributed by atoms with E-state index >= 15 is 0 Å². The van der Waals surface area contributed by atoms with E-state index in [0.717, 1.165) is 22.9 Å². The highest BCUT2D eigenvalue weighted by Gasteiger charge is 2.50. The van der Waals surface area contributed by atoms with E-state index < -0.39 is 0 Å². The number of halogens is 2. The number of aromatic nitrogens is 2. The zero-order valence-electron chi connectivity index (χ0n) is 9.98. The molecule has 0 unspecified atom stereocenters. The second-order valence-electron chi connectivity index (χ2n) is 5.37. The summed E-state index contributed by atoms with van der Waals surface area (Å²) in [6.07, 6.45) is 1.28. The van der Waals surface area contributed by atoms with E-state index in [1.54, 1.807) is 0 Å². The highest BCUT2D eigenvalue weighted by molar-refractivity contribution is 6.29. The molecule has 2 aliphatic heterocycles. The Labute approximate surface area is 124 Å². The number of piperazine rings is 1. The molecule has 1 aromatic heterocycles. The quantitative estimate of drug-likeness (QED) is 0.433.